The predicted octanol–water partition coefficient (Wildman–Crippen LogP) is 5.46. The molecule has 0 radical (unpaired) electrons. The largest absolute Gasteiger partial charge is 0.493 e. The number of thioether (sulfide) groups is 1. The average Bonchev–Trinajstić information content (AvgIpc) is 2.69. The quantitative estimate of drug-likeness (QED) is 0.589. The molecular weight excluding hydrogens is 346 g/mol. The summed E-state index contributed by atoms with van der Waals surface area (Å²) in [5.41, 5.74) is 1.37. The molecule has 4 nitrogen and oxygen atoms in total. The van der Waals surface area contributed by atoms with Crippen molar-refractivity contribution >= 4 is 23.4 Å². The standard InChI is InChI=1S/C21H19NO3S/c1-24-18-8-4-5-9-19(18)25-16-13-11-15(12-14-16)22-21(23)17-7-3-6-10-20(17)26-2/h3-14H,1-2H3,(H,22,23). The van der Waals surface area contributed by atoms with E-state index in [0.717, 1.165) is 4.90 Å². The molecule has 0 saturated carbocycles. The highest BCUT2D eigenvalue weighted by molar-refractivity contribution is 7.98. The minimum atomic E-state index is -0.131. The minimum absolute atomic E-state index is 0.131. The van der Waals surface area contributed by atoms with E-state index in [1.54, 1.807) is 18.9 Å². The molecule has 0 atom stereocenters. The van der Waals surface area contributed by atoms with Crippen LogP contribution in [0.2, 0.25) is 0 Å². The van der Waals surface area contributed by atoms with Crippen molar-refractivity contribution in [2.75, 3.05) is 18.7 Å². The van der Waals surface area contributed by atoms with Crippen LogP contribution >= 0.6 is 11.8 Å². The van der Waals surface area contributed by atoms with Crippen LogP contribution in [0.1, 0.15) is 10.4 Å². The van der Waals surface area contributed by atoms with Gasteiger partial charge in [0.25, 0.3) is 5.91 Å². The Bertz CT molecular complexity index is 894. The lowest BCUT2D eigenvalue weighted by Gasteiger charge is -2.11. The minimum Gasteiger partial charge on any atom is -0.493 e. The number of carbonyl (C=O) groups is 1. The second-order valence-corrected chi connectivity index (χ2v) is 6.28. The van der Waals surface area contributed by atoms with Gasteiger partial charge in [0.05, 0.1) is 12.7 Å². The Morgan fingerprint density at radius 3 is 2.23 bits per heavy atom. The Morgan fingerprint density at radius 2 is 1.54 bits per heavy atom. The molecule has 0 saturated heterocycles. The molecule has 1 amide bonds. The van der Waals surface area contributed by atoms with Crippen LogP contribution in [0.15, 0.2) is 77.7 Å². The highest BCUT2D eigenvalue weighted by atomic mass is 32.2. The number of anilines is 1. The number of nitrogens with one attached hydrogen (secondary N) is 1. The Hall–Kier alpha value is -2.92. The molecule has 0 aliphatic heterocycles. The number of methoxy groups -OCH3 is 1. The molecule has 0 spiro atoms. The van der Waals surface area contributed by atoms with Gasteiger partial charge in [0.2, 0.25) is 0 Å². The summed E-state index contributed by atoms with van der Waals surface area (Å²) >= 11 is 1.55. The fourth-order valence-corrected chi connectivity index (χ4v) is 3.06. The summed E-state index contributed by atoms with van der Waals surface area (Å²) in [7, 11) is 1.60. The molecular formula is C21H19NO3S. The zero-order chi connectivity index (χ0) is 18.4. The number of benzene rings is 3. The fraction of sp³-hybridized carbons (Fsp3) is 0.0952. The van der Waals surface area contributed by atoms with Gasteiger partial charge in [-0.15, -0.1) is 11.8 Å². The van der Waals surface area contributed by atoms with Gasteiger partial charge >= 0.3 is 0 Å². The van der Waals surface area contributed by atoms with Gasteiger partial charge in [-0.25, -0.2) is 0 Å². The van der Waals surface area contributed by atoms with Crippen molar-refractivity contribution < 1.29 is 14.3 Å². The fourth-order valence-electron chi connectivity index (χ4n) is 2.47. The maximum absolute atomic E-state index is 12.5. The number of hydrogen-bond acceptors (Lipinski definition) is 4. The van der Waals surface area contributed by atoms with E-state index < -0.39 is 0 Å². The molecule has 0 aromatic heterocycles. The number of hydrogen-bond donors (Lipinski definition) is 1. The van der Waals surface area contributed by atoms with Crippen LogP contribution in [-0.4, -0.2) is 19.3 Å². The van der Waals surface area contributed by atoms with Crippen molar-refractivity contribution in [3.63, 3.8) is 0 Å². The summed E-state index contributed by atoms with van der Waals surface area (Å²) in [4.78, 5) is 13.4. The topological polar surface area (TPSA) is 47.6 Å². The molecule has 0 heterocycles. The third-order valence-corrected chi connectivity index (χ3v) is 4.56. The summed E-state index contributed by atoms with van der Waals surface area (Å²) in [5.74, 6) is 1.84. The number of rotatable bonds is 6. The Kier molecular flexibility index (Phi) is 5.81. The SMILES string of the molecule is COc1ccccc1Oc1ccc(NC(=O)c2ccccc2SC)cc1. The van der Waals surface area contributed by atoms with Gasteiger partial charge in [0.1, 0.15) is 5.75 Å². The van der Waals surface area contributed by atoms with Crippen molar-refractivity contribution in [2.24, 2.45) is 0 Å². The first-order valence-electron chi connectivity index (χ1n) is 8.06. The van der Waals surface area contributed by atoms with E-state index in [4.69, 9.17) is 9.47 Å². The maximum atomic E-state index is 12.5. The van der Waals surface area contributed by atoms with Crippen molar-refractivity contribution in [3.05, 3.63) is 78.4 Å². The molecule has 26 heavy (non-hydrogen) atoms. The van der Waals surface area contributed by atoms with E-state index in [0.29, 0.717) is 28.5 Å². The first-order valence-corrected chi connectivity index (χ1v) is 9.29. The summed E-state index contributed by atoms with van der Waals surface area (Å²) in [6.07, 6.45) is 1.95. The van der Waals surface area contributed by atoms with E-state index in [2.05, 4.69) is 5.32 Å². The number of para-hydroxylation sites is 2. The second-order valence-electron chi connectivity index (χ2n) is 5.43. The number of ether oxygens (including phenoxy) is 2. The summed E-state index contributed by atoms with van der Waals surface area (Å²) in [5, 5.41) is 2.91. The third-order valence-electron chi connectivity index (χ3n) is 3.76. The lowest BCUT2D eigenvalue weighted by Crippen LogP contribution is -2.12. The molecule has 3 aromatic carbocycles. The van der Waals surface area contributed by atoms with Crippen LogP contribution in [0.3, 0.4) is 0 Å². The van der Waals surface area contributed by atoms with Crippen LogP contribution in [0.25, 0.3) is 0 Å². The molecule has 3 rings (SSSR count). The molecule has 5 heteroatoms. The number of carbonyl (C=O) groups excluding carboxylic acids is 1. The molecule has 132 valence electrons. The molecule has 0 aliphatic rings. The first-order chi connectivity index (χ1) is 12.7. The smallest absolute Gasteiger partial charge is 0.256 e. The molecule has 0 unspecified atom stereocenters. The van der Waals surface area contributed by atoms with Gasteiger partial charge in [0.15, 0.2) is 11.5 Å². The van der Waals surface area contributed by atoms with E-state index in [9.17, 15) is 4.79 Å². The van der Waals surface area contributed by atoms with E-state index >= 15 is 0 Å². The monoisotopic (exact) mass is 365 g/mol. The van der Waals surface area contributed by atoms with Gasteiger partial charge in [0, 0.05) is 10.6 Å². The van der Waals surface area contributed by atoms with Crippen LogP contribution in [0.5, 0.6) is 17.2 Å². The van der Waals surface area contributed by atoms with E-state index in [1.165, 1.54) is 0 Å². The maximum Gasteiger partial charge on any atom is 0.256 e. The summed E-state index contributed by atoms with van der Waals surface area (Å²) in [6, 6.07) is 22.2. The van der Waals surface area contributed by atoms with Crippen LogP contribution in [0.4, 0.5) is 5.69 Å². The van der Waals surface area contributed by atoms with Gasteiger partial charge in [-0.05, 0) is 54.8 Å². The van der Waals surface area contributed by atoms with Gasteiger partial charge in [-0.2, -0.15) is 0 Å². The van der Waals surface area contributed by atoms with Gasteiger partial charge in [-0.1, -0.05) is 24.3 Å². The first kappa shape index (κ1) is 17.9. The molecule has 0 aliphatic carbocycles. The molecule has 3 aromatic rings. The highest BCUT2D eigenvalue weighted by Crippen LogP contribution is 2.31. The zero-order valence-corrected chi connectivity index (χ0v) is 15.4. The molecule has 1 N–H and O–H groups in total. The molecule has 0 bridgehead atoms. The van der Waals surface area contributed by atoms with Crippen LogP contribution < -0.4 is 14.8 Å². The lowest BCUT2D eigenvalue weighted by molar-refractivity contribution is 0.102. The van der Waals surface area contributed by atoms with Crippen molar-refractivity contribution in [1.29, 1.82) is 0 Å². The van der Waals surface area contributed by atoms with Crippen molar-refractivity contribution in [1.82, 2.24) is 0 Å². The Labute approximate surface area is 157 Å². The van der Waals surface area contributed by atoms with E-state index in [-0.39, 0.29) is 5.91 Å². The van der Waals surface area contributed by atoms with Crippen molar-refractivity contribution in [2.45, 2.75) is 4.90 Å². The summed E-state index contributed by atoms with van der Waals surface area (Å²) < 4.78 is 11.1. The third kappa shape index (κ3) is 4.18. The van der Waals surface area contributed by atoms with Crippen molar-refractivity contribution in [3.8, 4) is 17.2 Å². The normalized spacial score (nSPS) is 10.2. The average molecular weight is 365 g/mol. The zero-order valence-electron chi connectivity index (χ0n) is 14.6. The lowest BCUT2D eigenvalue weighted by atomic mass is 10.2. The predicted molar refractivity (Wildman–Crippen MR) is 106 cm³/mol. The Morgan fingerprint density at radius 1 is 0.885 bits per heavy atom. The van der Waals surface area contributed by atoms with Gasteiger partial charge < -0.3 is 14.8 Å². The Balaban J connectivity index is 1.71. The highest BCUT2D eigenvalue weighted by Gasteiger charge is 2.11. The summed E-state index contributed by atoms with van der Waals surface area (Å²) in [6.45, 7) is 0. The van der Waals surface area contributed by atoms with E-state index in [1.807, 2.05) is 79.1 Å². The van der Waals surface area contributed by atoms with Crippen LogP contribution in [0, 0.1) is 0 Å². The number of amides is 1. The van der Waals surface area contributed by atoms with Gasteiger partial charge in [-0.3, -0.25) is 4.79 Å². The van der Waals surface area contributed by atoms with Crippen LogP contribution in [-0.2, 0) is 0 Å². The second kappa shape index (κ2) is 8.45. The molecule has 0 fully saturated rings.